The van der Waals surface area contributed by atoms with Gasteiger partial charge >= 0.3 is 12.1 Å². The van der Waals surface area contributed by atoms with Gasteiger partial charge in [0.05, 0.1) is 22.2 Å². The number of fused-ring (bicyclic) bond motifs is 4. The topological polar surface area (TPSA) is 128 Å². The fourth-order valence-electron chi connectivity index (χ4n) is 5.76. The van der Waals surface area contributed by atoms with E-state index in [1.54, 1.807) is 18.3 Å². The number of aryl methyl sites for hydroxylation is 1. The van der Waals surface area contributed by atoms with E-state index in [0.29, 0.717) is 28.6 Å². The maximum absolute atomic E-state index is 10.6. The number of alkyl halides is 3. The first-order valence-electron chi connectivity index (χ1n) is 12.6. The number of nitrogens with one attached hydrogen (secondary N) is 1. The lowest BCUT2D eigenvalue weighted by Gasteiger charge is -2.45. The molecule has 3 aromatic heterocycles. The number of thiazole rings is 1. The Balaban J connectivity index is 0.000000411. The van der Waals surface area contributed by atoms with Crippen LogP contribution in [0.2, 0.25) is 0 Å². The molecule has 2 N–H and O–H groups in total. The number of benzene rings is 1. The van der Waals surface area contributed by atoms with Crippen molar-refractivity contribution in [3.63, 3.8) is 0 Å². The number of carboxylic acid groups (broad SMARTS) is 1. The molecule has 13 heteroatoms. The van der Waals surface area contributed by atoms with Crippen LogP contribution in [0.25, 0.3) is 32.6 Å². The van der Waals surface area contributed by atoms with Crippen molar-refractivity contribution in [2.45, 2.75) is 69.8 Å². The highest BCUT2D eigenvalue weighted by atomic mass is 32.1. The van der Waals surface area contributed by atoms with Crippen LogP contribution in [-0.4, -0.2) is 56.4 Å². The van der Waals surface area contributed by atoms with Crippen molar-refractivity contribution in [1.29, 1.82) is 5.26 Å². The Kier molecular flexibility index (Phi) is 6.74. The first-order valence-corrected chi connectivity index (χ1v) is 13.4. The summed E-state index contributed by atoms with van der Waals surface area (Å²) >= 11 is 1.70. The number of piperidine rings is 1. The van der Waals surface area contributed by atoms with Crippen LogP contribution in [0.4, 0.5) is 18.3 Å². The summed E-state index contributed by atoms with van der Waals surface area (Å²) in [4.78, 5) is 25.2. The monoisotopic (exact) mass is 572 g/mol. The van der Waals surface area contributed by atoms with Crippen LogP contribution in [-0.2, 0) is 4.79 Å². The maximum Gasteiger partial charge on any atom is 0.490 e. The summed E-state index contributed by atoms with van der Waals surface area (Å²) in [6, 6.07) is 8.50. The van der Waals surface area contributed by atoms with E-state index in [4.69, 9.17) is 19.3 Å². The number of oxazole rings is 1. The number of aromatic nitrogens is 3. The number of halogens is 3. The van der Waals surface area contributed by atoms with Crippen LogP contribution >= 0.6 is 11.3 Å². The summed E-state index contributed by atoms with van der Waals surface area (Å²) in [5.41, 5.74) is 4.67. The average molecular weight is 573 g/mol. The van der Waals surface area contributed by atoms with Gasteiger partial charge in [-0.3, -0.25) is 4.98 Å². The van der Waals surface area contributed by atoms with E-state index in [9.17, 15) is 18.4 Å². The summed E-state index contributed by atoms with van der Waals surface area (Å²) in [5.74, 6) is -2.21. The van der Waals surface area contributed by atoms with Gasteiger partial charge in [0.1, 0.15) is 17.1 Å². The van der Waals surface area contributed by atoms with Gasteiger partial charge in [0.15, 0.2) is 16.6 Å². The predicted octanol–water partition coefficient (Wildman–Crippen LogP) is 5.81. The van der Waals surface area contributed by atoms with Crippen LogP contribution in [0, 0.1) is 18.3 Å². The van der Waals surface area contributed by atoms with E-state index in [0.717, 1.165) is 39.4 Å². The Morgan fingerprint density at radius 1 is 1.23 bits per heavy atom. The minimum Gasteiger partial charge on any atom is -0.475 e. The molecule has 2 aliphatic heterocycles. The number of carbonyl (C=O) groups is 1. The summed E-state index contributed by atoms with van der Waals surface area (Å²) in [7, 11) is 2.17. The van der Waals surface area contributed by atoms with Crippen molar-refractivity contribution < 1.29 is 27.5 Å². The Morgan fingerprint density at radius 2 is 1.88 bits per heavy atom. The van der Waals surface area contributed by atoms with Crippen LogP contribution in [0.15, 0.2) is 28.8 Å². The number of pyridine rings is 1. The summed E-state index contributed by atoms with van der Waals surface area (Å²) in [6.45, 7) is 6.50. The molecule has 5 heterocycles. The Bertz CT molecular complexity index is 1640. The number of carboxylic acids is 1. The number of nitriles is 1. The second-order valence-corrected chi connectivity index (χ2v) is 12.0. The van der Waals surface area contributed by atoms with Gasteiger partial charge in [-0.1, -0.05) is 11.3 Å². The first-order chi connectivity index (χ1) is 18.7. The normalized spacial score (nSPS) is 24.0. The van der Waals surface area contributed by atoms with Crippen LogP contribution in [0.1, 0.15) is 51.0 Å². The van der Waals surface area contributed by atoms with Gasteiger partial charge in [0.2, 0.25) is 0 Å². The van der Waals surface area contributed by atoms with Crippen molar-refractivity contribution in [3.8, 4) is 17.3 Å². The fraction of sp³-hybridized carbons (Fsp3) is 0.444. The molecule has 1 aromatic carbocycles. The summed E-state index contributed by atoms with van der Waals surface area (Å²) in [6.07, 6.45) is 1.48. The molecule has 3 atom stereocenters. The molecule has 2 saturated heterocycles. The van der Waals surface area contributed by atoms with Gasteiger partial charge < -0.3 is 19.7 Å². The molecule has 6 rings (SSSR count). The second kappa shape index (κ2) is 9.71. The number of nitrogens with zero attached hydrogens (tertiary/aromatic N) is 5. The van der Waals surface area contributed by atoms with Crippen LogP contribution < -0.4 is 10.2 Å². The molecule has 0 radical (unpaired) electrons. The van der Waals surface area contributed by atoms with Crippen molar-refractivity contribution in [2.75, 3.05) is 11.9 Å². The first kappa shape index (κ1) is 27.8. The molecule has 9 nitrogen and oxygen atoms in total. The largest absolute Gasteiger partial charge is 0.490 e. The van der Waals surface area contributed by atoms with Gasteiger partial charge in [0.25, 0.3) is 0 Å². The molecular formula is C27H27F3N6O3S. The maximum atomic E-state index is 10.6. The number of aliphatic carboxylic acids is 1. The molecule has 210 valence electrons. The van der Waals surface area contributed by atoms with Gasteiger partial charge in [-0.25, -0.2) is 14.8 Å². The number of rotatable bonds is 3. The quantitative estimate of drug-likeness (QED) is 0.312. The Labute approximate surface area is 231 Å². The lowest BCUT2D eigenvalue weighted by molar-refractivity contribution is -0.192. The van der Waals surface area contributed by atoms with E-state index in [2.05, 4.69) is 53.2 Å². The minimum atomic E-state index is -5.08. The zero-order chi connectivity index (χ0) is 29.0. The van der Waals surface area contributed by atoms with Gasteiger partial charge in [-0.2, -0.15) is 18.4 Å². The van der Waals surface area contributed by atoms with Crippen molar-refractivity contribution in [3.05, 3.63) is 35.9 Å². The highest BCUT2D eigenvalue weighted by Crippen LogP contribution is 2.44. The molecule has 2 aliphatic rings. The average Bonchev–Trinajstić information content (AvgIpc) is 3.53. The van der Waals surface area contributed by atoms with Crippen molar-refractivity contribution in [2.24, 2.45) is 0 Å². The molecule has 2 bridgehead atoms. The lowest BCUT2D eigenvalue weighted by atomic mass is 9.84. The number of hydrogen-bond donors (Lipinski definition) is 2. The molecule has 0 saturated carbocycles. The van der Waals surface area contributed by atoms with E-state index >= 15 is 0 Å². The summed E-state index contributed by atoms with van der Waals surface area (Å²) in [5, 5.41) is 21.6. The number of hydrogen-bond acceptors (Lipinski definition) is 9. The zero-order valence-electron chi connectivity index (χ0n) is 22.3. The highest BCUT2D eigenvalue weighted by molar-refractivity contribution is 7.22. The van der Waals surface area contributed by atoms with Gasteiger partial charge in [-0.05, 0) is 57.7 Å². The SMILES string of the molecule is Cc1nc2c(C#N)cc(-c3cc4sc(N(C)[C@@H]5C[C@]6(C)CC[C@](C)(C5)N6)nc4cn3)cc2o1.O=C(O)C(F)(F)F. The smallest absolute Gasteiger partial charge is 0.475 e. The Morgan fingerprint density at radius 3 is 2.48 bits per heavy atom. The van der Waals surface area contributed by atoms with Crippen LogP contribution in [0.3, 0.4) is 0 Å². The van der Waals surface area contributed by atoms with E-state index < -0.39 is 12.1 Å². The predicted molar refractivity (Wildman–Crippen MR) is 144 cm³/mol. The number of anilines is 1. The van der Waals surface area contributed by atoms with E-state index in [1.165, 1.54) is 12.8 Å². The van der Waals surface area contributed by atoms with Crippen LogP contribution in [0.5, 0.6) is 0 Å². The fourth-order valence-corrected chi connectivity index (χ4v) is 6.76. The molecule has 0 amide bonds. The molecule has 0 spiro atoms. The van der Waals surface area contributed by atoms with Crippen molar-refractivity contribution >= 4 is 43.8 Å². The van der Waals surface area contributed by atoms with Crippen molar-refractivity contribution in [1.82, 2.24) is 20.3 Å². The second-order valence-electron chi connectivity index (χ2n) is 11.0. The third-order valence-corrected chi connectivity index (χ3v) is 8.69. The summed E-state index contributed by atoms with van der Waals surface area (Å²) < 4.78 is 38.5. The van der Waals surface area contributed by atoms with E-state index in [-0.39, 0.29) is 11.1 Å². The third kappa shape index (κ3) is 5.33. The minimum absolute atomic E-state index is 0.216. The molecule has 0 unspecified atom stereocenters. The van der Waals surface area contributed by atoms with Gasteiger partial charge in [0, 0.05) is 36.7 Å². The molecule has 40 heavy (non-hydrogen) atoms. The molecular weight excluding hydrogens is 545 g/mol. The molecule has 2 fully saturated rings. The highest BCUT2D eigenvalue weighted by Gasteiger charge is 2.49. The molecule has 4 aromatic rings. The Hall–Kier alpha value is -3.76. The zero-order valence-corrected chi connectivity index (χ0v) is 23.1. The third-order valence-electron chi connectivity index (χ3n) is 7.58. The van der Waals surface area contributed by atoms with E-state index in [1.807, 2.05) is 18.3 Å². The standard InChI is InChI=1S/C25H26N6OS.C2HF3O2/c1-14-28-22-16(12-26)7-15(8-20(22)32-14)18-9-21-19(13-27-18)29-23(33-21)31(4)17-10-24(2)5-6-25(3,11-17)30-24;3-2(4,5)1(6)7/h7-9,13,17,30H,5-6,10-11H2,1-4H3;(H,6,7)/t17-,24+,25-;. The lowest BCUT2D eigenvalue weighted by Crippen LogP contribution is -2.58. The van der Waals surface area contributed by atoms with Gasteiger partial charge in [-0.15, -0.1) is 0 Å². The molecule has 0 aliphatic carbocycles.